The number of hydrogen-bond acceptors (Lipinski definition) is 4. The first-order chi connectivity index (χ1) is 7.16. The van der Waals surface area contributed by atoms with Gasteiger partial charge in [0.2, 0.25) is 0 Å². The van der Waals surface area contributed by atoms with E-state index < -0.39 is 6.10 Å². The molecular weight excluding hydrogens is 194 g/mol. The Kier molecular flexibility index (Phi) is 9.83. The first-order valence-electron chi connectivity index (χ1n) is 5.35. The third-order valence-electron chi connectivity index (χ3n) is 1.69. The summed E-state index contributed by atoms with van der Waals surface area (Å²) in [7, 11) is 0. The van der Waals surface area contributed by atoms with E-state index in [1.54, 1.807) is 0 Å². The van der Waals surface area contributed by atoms with Gasteiger partial charge in [-0.15, -0.1) is 0 Å². The molecule has 0 heterocycles. The minimum atomic E-state index is -0.467. The molecule has 0 saturated heterocycles. The molecule has 0 spiro atoms. The van der Waals surface area contributed by atoms with Crippen LogP contribution in [0.5, 0.6) is 0 Å². The summed E-state index contributed by atoms with van der Waals surface area (Å²) in [5.41, 5.74) is 1.06. The van der Waals surface area contributed by atoms with Crippen molar-refractivity contribution in [1.29, 1.82) is 0 Å². The molecule has 0 aromatic heterocycles. The number of nitrogens with one attached hydrogen (secondary N) is 1. The minimum Gasteiger partial charge on any atom is -0.389 e. The van der Waals surface area contributed by atoms with E-state index in [-0.39, 0.29) is 0 Å². The smallest absolute Gasteiger partial charge is 0.0897 e. The highest BCUT2D eigenvalue weighted by Crippen LogP contribution is 1.87. The first kappa shape index (κ1) is 14.6. The molecule has 0 fully saturated rings. The second kappa shape index (κ2) is 10.1. The number of rotatable bonds is 10. The number of aliphatic hydroxyl groups is 1. The monoisotopic (exact) mass is 217 g/mol. The molecule has 0 aliphatic rings. The molecule has 0 bridgehead atoms. The molecule has 0 rings (SSSR count). The maximum atomic E-state index is 9.46. The van der Waals surface area contributed by atoms with Crippen LogP contribution in [0.2, 0.25) is 0 Å². The van der Waals surface area contributed by atoms with E-state index in [4.69, 9.17) is 9.47 Å². The average Bonchev–Trinajstić information content (AvgIpc) is 2.17. The van der Waals surface area contributed by atoms with Crippen molar-refractivity contribution in [3.8, 4) is 0 Å². The normalized spacial score (nSPS) is 12.7. The summed E-state index contributed by atoms with van der Waals surface area (Å²) in [5, 5.41) is 12.5. The summed E-state index contributed by atoms with van der Waals surface area (Å²) in [5.74, 6) is 0. The van der Waals surface area contributed by atoms with Gasteiger partial charge in [-0.05, 0) is 13.8 Å². The van der Waals surface area contributed by atoms with Crippen molar-refractivity contribution >= 4 is 0 Å². The molecule has 1 unspecified atom stereocenters. The molecule has 0 aliphatic carbocycles. The van der Waals surface area contributed by atoms with E-state index >= 15 is 0 Å². The third-order valence-corrected chi connectivity index (χ3v) is 1.69. The highest BCUT2D eigenvalue weighted by Gasteiger charge is 2.02. The summed E-state index contributed by atoms with van der Waals surface area (Å²) < 4.78 is 10.3. The van der Waals surface area contributed by atoms with Crippen LogP contribution < -0.4 is 5.32 Å². The van der Waals surface area contributed by atoms with Gasteiger partial charge >= 0.3 is 0 Å². The predicted octanol–water partition coefficient (Wildman–Crippen LogP) is 0.566. The van der Waals surface area contributed by atoms with Gasteiger partial charge in [-0.1, -0.05) is 12.2 Å². The fourth-order valence-electron chi connectivity index (χ4n) is 0.993. The van der Waals surface area contributed by atoms with Crippen LogP contribution in [0.3, 0.4) is 0 Å². The Morgan fingerprint density at radius 3 is 2.67 bits per heavy atom. The summed E-state index contributed by atoms with van der Waals surface area (Å²) in [4.78, 5) is 0. The van der Waals surface area contributed by atoms with Crippen molar-refractivity contribution in [2.75, 3.05) is 39.5 Å². The molecule has 4 nitrogen and oxygen atoms in total. The fraction of sp³-hybridized carbons (Fsp3) is 0.818. The van der Waals surface area contributed by atoms with Gasteiger partial charge in [0.25, 0.3) is 0 Å². The topological polar surface area (TPSA) is 50.7 Å². The SMILES string of the molecule is C=C(C)CNCC(O)COCCOCC. The lowest BCUT2D eigenvalue weighted by atomic mass is 10.3. The highest BCUT2D eigenvalue weighted by molar-refractivity contribution is 4.90. The summed E-state index contributed by atoms with van der Waals surface area (Å²) in [6, 6.07) is 0. The van der Waals surface area contributed by atoms with E-state index in [9.17, 15) is 5.11 Å². The minimum absolute atomic E-state index is 0.344. The second-order valence-electron chi connectivity index (χ2n) is 3.51. The quantitative estimate of drug-likeness (QED) is 0.415. The van der Waals surface area contributed by atoms with Crippen LogP contribution in [0.25, 0.3) is 0 Å². The average molecular weight is 217 g/mol. The number of hydrogen-bond donors (Lipinski definition) is 2. The molecule has 4 heteroatoms. The van der Waals surface area contributed by atoms with Crippen LogP contribution in [0, 0.1) is 0 Å². The zero-order valence-corrected chi connectivity index (χ0v) is 9.79. The molecule has 1 atom stereocenters. The van der Waals surface area contributed by atoms with Crippen LogP contribution in [-0.2, 0) is 9.47 Å². The summed E-state index contributed by atoms with van der Waals surface area (Å²) >= 11 is 0. The Morgan fingerprint density at radius 1 is 1.40 bits per heavy atom. The van der Waals surface area contributed by atoms with Crippen LogP contribution in [0.4, 0.5) is 0 Å². The van der Waals surface area contributed by atoms with E-state index in [1.165, 1.54) is 0 Å². The van der Waals surface area contributed by atoms with Crippen molar-refractivity contribution < 1.29 is 14.6 Å². The lowest BCUT2D eigenvalue weighted by Crippen LogP contribution is -2.31. The Labute approximate surface area is 92.3 Å². The maximum Gasteiger partial charge on any atom is 0.0897 e. The van der Waals surface area contributed by atoms with Gasteiger partial charge in [-0.2, -0.15) is 0 Å². The zero-order valence-electron chi connectivity index (χ0n) is 9.79. The molecule has 15 heavy (non-hydrogen) atoms. The van der Waals surface area contributed by atoms with E-state index in [0.717, 1.165) is 12.1 Å². The number of aliphatic hydroxyl groups excluding tert-OH is 1. The van der Waals surface area contributed by atoms with Gasteiger partial charge in [0, 0.05) is 19.7 Å². The van der Waals surface area contributed by atoms with E-state index in [1.807, 2.05) is 13.8 Å². The molecule has 2 N–H and O–H groups in total. The van der Waals surface area contributed by atoms with Gasteiger partial charge in [-0.3, -0.25) is 0 Å². The molecule has 90 valence electrons. The molecule has 0 aromatic rings. The Hall–Kier alpha value is -0.420. The second-order valence-corrected chi connectivity index (χ2v) is 3.51. The molecule has 0 amide bonds. The molecule has 0 saturated carbocycles. The highest BCUT2D eigenvalue weighted by atomic mass is 16.5. The molecule has 0 aliphatic heterocycles. The van der Waals surface area contributed by atoms with Crippen molar-refractivity contribution in [2.24, 2.45) is 0 Å². The van der Waals surface area contributed by atoms with Crippen LogP contribution >= 0.6 is 0 Å². The van der Waals surface area contributed by atoms with Crippen LogP contribution in [-0.4, -0.2) is 50.7 Å². The summed E-state index contributed by atoms with van der Waals surface area (Å²) in [6.45, 7) is 11.1. The van der Waals surface area contributed by atoms with E-state index in [2.05, 4.69) is 11.9 Å². The molecule has 0 aromatic carbocycles. The molecular formula is C11H23NO3. The van der Waals surface area contributed by atoms with Gasteiger partial charge in [0.15, 0.2) is 0 Å². The lowest BCUT2D eigenvalue weighted by Gasteiger charge is -2.12. The Bertz CT molecular complexity index is 162. The predicted molar refractivity (Wildman–Crippen MR) is 61.0 cm³/mol. The zero-order chi connectivity index (χ0) is 11.5. The Balaban J connectivity index is 3.18. The largest absolute Gasteiger partial charge is 0.389 e. The van der Waals surface area contributed by atoms with Crippen molar-refractivity contribution in [2.45, 2.75) is 20.0 Å². The lowest BCUT2D eigenvalue weighted by molar-refractivity contribution is 0.00675. The maximum absolute atomic E-state index is 9.46. The van der Waals surface area contributed by atoms with Gasteiger partial charge in [0.1, 0.15) is 0 Å². The Morgan fingerprint density at radius 2 is 2.07 bits per heavy atom. The van der Waals surface area contributed by atoms with Crippen LogP contribution in [0.1, 0.15) is 13.8 Å². The van der Waals surface area contributed by atoms with Gasteiger partial charge in [-0.25, -0.2) is 0 Å². The molecule has 0 radical (unpaired) electrons. The van der Waals surface area contributed by atoms with Gasteiger partial charge in [0.05, 0.1) is 25.9 Å². The van der Waals surface area contributed by atoms with Crippen LogP contribution in [0.15, 0.2) is 12.2 Å². The van der Waals surface area contributed by atoms with Crippen molar-refractivity contribution in [1.82, 2.24) is 5.32 Å². The first-order valence-corrected chi connectivity index (χ1v) is 5.35. The van der Waals surface area contributed by atoms with E-state index in [0.29, 0.717) is 33.0 Å². The third kappa shape index (κ3) is 11.5. The standard InChI is InChI=1S/C11H23NO3/c1-4-14-5-6-15-9-11(13)8-12-7-10(2)3/h11-13H,2,4-9H2,1,3H3. The summed E-state index contributed by atoms with van der Waals surface area (Å²) in [6.07, 6.45) is -0.467. The van der Waals surface area contributed by atoms with Crippen molar-refractivity contribution in [3.63, 3.8) is 0 Å². The number of ether oxygens (including phenoxy) is 2. The fourth-order valence-corrected chi connectivity index (χ4v) is 0.993. The van der Waals surface area contributed by atoms with Gasteiger partial charge < -0.3 is 19.9 Å². The van der Waals surface area contributed by atoms with Crippen molar-refractivity contribution in [3.05, 3.63) is 12.2 Å².